The van der Waals surface area contributed by atoms with Gasteiger partial charge in [0.2, 0.25) is 5.91 Å². The van der Waals surface area contributed by atoms with Crippen molar-refractivity contribution in [2.24, 2.45) is 5.92 Å². The highest BCUT2D eigenvalue weighted by Gasteiger charge is 2.24. The highest BCUT2D eigenvalue weighted by Crippen LogP contribution is 2.17. The second-order valence-corrected chi connectivity index (χ2v) is 4.57. The molecule has 1 heterocycles. The Labute approximate surface area is 107 Å². The fourth-order valence-electron chi connectivity index (χ4n) is 2.16. The van der Waals surface area contributed by atoms with Crippen LogP contribution in [0.3, 0.4) is 0 Å². The van der Waals surface area contributed by atoms with E-state index >= 15 is 0 Å². The van der Waals surface area contributed by atoms with Crippen LogP contribution in [0.2, 0.25) is 0 Å². The molecule has 0 bridgehead atoms. The summed E-state index contributed by atoms with van der Waals surface area (Å²) in [5, 5.41) is 12.3. The molecule has 1 fully saturated rings. The standard InChI is InChI=1S/C14H19NO3/c16-9-13(11-5-2-1-3-6-11)15-14(17)12-7-4-8-18-10-12/h1-3,5-6,12-13,16H,4,7-10H2,(H,15,17)/t12?,13-/m0/s1. The van der Waals surface area contributed by atoms with Gasteiger partial charge in [-0.15, -0.1) is 0 Å². The van der Waals surface area contributed by atoms with Crippen LogP contribution in [0, 0.1) is 5.92 Å². The second kappa shape index (κ2) is 6.52. The molecule has 4 nitrogen and oxygen atoms in total. The Morgan fingerprint density at radius 2 is 2.22 bits per heavy atom. The lowest BCUT2D eigenvalue weighted by molar-refractivity contribution is -0.130. The van der Waals surface area contributed by atoms with Crippen molar-refractivity contribution in [1.29, 1.82) is 0 Å². The minimum atomic E-state index is -0.333. The fourth-order valence-corrected chi connectivity index (χ4v) is 2.16. The molecule has 1 aromatic carbocycles. The summed E-state index contributed by atoms with van der Waals surface area (Å²) in [5.74, 6) is -0.117. The van der Waals surface area contributed by atoms with Crippen LogP contribution in [0.1, 0.15) is 24.4 Å². The molecule has 18 heavy (non-hydrogen) atoms. The number of carbonyl (C=O) groups excluding carboxylic acids is 1. The first-order chi connectivity index (χ1) is 8.81. The van der Waals surface area contributed by atoms with Crippen molar-refractivity contribution in [3.05, 3.63) is 35.9 Å². The average Bonchev–Trinajstić information content (AvgIpc) is 2.46. The van der Waals surface area contributed by atoms with Crippen LogP contribution in [0.25, 0.3) is 0 Å². The van der Waals surface area contributed by atoms with E-state index in [1.807, 2.05) is 30.3 Å². The minimum absolute atomic E-state index is 0.0300. The highest BCUT2D eigenvalue weighted by atomic mass is 16.5. The molecular weight excluding hydrogens is 230 g/mol. The molecule has 1 saturated heterocycles. The number of rotatable bonds is 4. The Hall–Kier alpha value is -1.39. The molecule has 1 amide bonds. The Balaban J connectivity index is 1.95. The van der Waals surface area contributed by atoms with Crippen molar-refractivity contribution in [2.75, 3.05) is 19.8 Å². The summed E-state index contributed by atoms with van der Waals surface area (Å²) in [6.45, 7) is 1.13. The summed E-state index contributed by atoms with van der Waals surface area (Å²) in [7, 11) is 0. The van der Waals surface area contributed by atoms with E-state index in [0.717, 1.165) is 25.0 Å². The molecule has 0 saturated carbocycles. The molecule has 2 rings (SSSR count). The fraction of sp³-hybridized carbons (Fsp3) is 0.500. The third kappa shape index (κ3) is 3.31. The molecule has 2 N–H and O–H groups in total. The van der Waals surface area contributed by atoms with Crippen LogP contribution in [0.5, 0.6) is 0 Å². The largest absolute Gasteiger partial charge is 0.394 e. The predicted molar refractivity (Wildman–Crippen MR) is 68.0 cm³/mol. The number of aliphatic hydroxyl groups is 1. The molecule has 0 radical (unpaired) electrons. The maximum Gasteiger partial charge on any atom is 0.226 e. The number of aliphatic hydroxyl groups excluding tert-OH is 1. The zero-order valence-electron chi connectivity index (χ0n) is 10.3. The van der Waals surface area contributed by atoms with Gasteiger partial charge in [-0.25, -0.2) is 0 Å². The van der Waals surface area contributed by atoms with Crippen LogP contribution < -0.4 is 5.32 Å². The van der Waals surface area contributed by atoms with Gasteiger partial charge in [-0.05, 0) is 18.4 Å². The van der Waals surface area contributed by atoms with Gasteiger partial charge in [0.1, 0.15) is 0 Å². The quantitative estimate of drug-likeness (QED) is 0.844. The third-order valence-electron chi connectivity index (χ3n) is 3.23. The van der Waals surface area contributed by atoms with E-state index in [1.165, 1.54) is 0 Å². The molecule has 2 atom stereocenters. The highest BCUT2D eigenvalue weighted by molar-refractivity contribution is 5.79. The molecule has 0 spiro atoms. The predicted octanol–water partition coefficient (Wildman–Crippen LogP) is 1.26. The van der Waals surface area contributed by atoms with Crippen molar-refractivity contribution >= 4 is 5.91 Å². The number of amides is 1. The minimum Gasteiger partial charge on any atom is -0.394 e. The molecule has 1 unspecified atom stereocenters. The molecule has 1 aliphatic heterocycles. The number of benzene rings is 1. The van der Waals surface area contributed by atoms with Gasteiger partial charge in [0.25, 0.3) is 0 Å². The van der Waals surface area contributed by atoms with Crippen LogP contribution >= 0.6 is 0 Å². The van der Waals surface area contributed by atoms with E-state index in [1.54, 1.807) is 0 Å². The first-order valence-corrected chi connectivity index (χ1v) is 6.35. The van der Waals surface area contributed by atoms with Crippen molar-refractivity contribution in [3.8, 4) is 0 Å². The van der Waals surface area contributed by atoms with Gasteiger partial charge in [-0.3, -0.25) is 4.79 Å². The maximum absolute atomic E-state index is 12.0. The summed E-state index contributed by atoms with van der Waals surface area (Å²) in [6.07, 6.45) is 1.78. The normalized spacial score (nSPS) is 21.3. The molecule has 4 heteroatoms. The number of hydrogen-bond donors (Lipinski definition) is 2. The summed E-state index contributed by atoms with van der Waals surface area (Å²) in [5.41, 5.74) is 0.921. The third-order valence-corrected chi connectivity index (χ3v) is 3.23. The van der Waals surface area contributed by atoms with Gasteiger partial charge < -0.3 is 15.2 Å². The Kier molecular flexibility index (Phi) is 4.73. The molecule has 1 aliphatic rings. The second-order valence-electron chi connectivity index (χ2n) is 4.57. The van der Waals surface area contributed by atoms with Crippen molar-refractivity contribution < 1.29 is 14.6 Å². The van der Waals surface area contributed by atoms with Crippen molar-refractivity contribution in [2.45, 2.75) is 18.9 Å². The number of carbonyl (C=O) groups is 1. The van der Waals surface area contributed by atoms with Crippen molar-refractivity contribution in [3.63, 3.8) is 0 Å². The maximum atomic E-state index is 12.0. The van der Waals surface area contributed by atoms with E-state index in [-0.39, 0.29) is 24.5 Å². The number of hydrogen-bond acceptors (Lipinski definition) is 3. The van der Waals surface area contributed by atoms with E-state index in [2.05, 4.69) is 5.32 Å². The Morgan fingerprint density at radius 1 is 1.44 bits per heavy atom. The Morgan fingerprint density at radius 3 is 2.83 bits per heavy atom. The van der Waals surface area contributed by atoms with Gasteiger partial charge in [0.15, 0.2) is 0 Å². The lowest BCUT2D eigenvalue weighted by Gasteiger charge is -2.24. The molecular formula is C14H19NO3. The zero-order valence-corrected chi connectivity index (χ0v) is 10.3. The van der Waals surface area contributed by atoms with E-state index in [0.29, 0.717) is 6.61 Å². The average molecular weight is 249 g/mol. The van der Waals surface area contributed by atoms with Gasteiger partial charge >= 0.3 is 0 Å². The van der Waals surface area contributed by atoms with Crippen LogP contribution in [0.15, 0.2) is 30.3 Å². The first-order valence-electron chi connectivity index (χ1n) is 6.35. The van der Waals surface area contributed by atoms with Crippen LogP contribution in [0.4, 0.5) is 0 Å². The molecule has 98 valence electrons. The monoisotopic (exact) mass is 249 g/mol. The van der Waals surface area contributed by atoms with Crippen LogP contribution in [-0.4, -0.2) is 30.8 Å². The molecule has 0 aromatic heterocycles. The molecule has 0 aliphatic carbocycles. The number of ether oxygens (including phenoxy) is 1. The van der Waals surface area contributed by atoms with E-state index in [4.69, 9.17) is 4.74 Å². The summed E-state index contributed by atoms with van der Waals surface area (Å²) in [4.78, 5) is 12.0. The molecule has 1 aromatic rings. The summed E-state index contributed by atoms with van der Waals surface area (Å²) < 4.78 is 5.30. The van der Waals surface area contributed by atoms with Gasteiger partial charge in [-0.2, -0.15) is 0 Å². The lowest BCUT2D eigenvalue weighted by Crippen LogP contribution is -2.38. The zero-order chi connectivity index (χ0) is 12.8. The van der Waals surface area contributed by atoms with Gasteiger partial charge in [-0.1, -0.05) is 30.3 Å². The van der Waals surface area contributed by atoms with E-state index in [9.17, 15) is 9.90 Å². The van der Waals surface area contributed by atoms with Crippen LogP contribution in [-0.2, 0) is 9.53 Å². The Bertz CT molecular complexity index is 374. The summed E-state index contributed by atoms with van der Waals surface area (Å²) in [6, 6.07) is 9.17. The summed E-state index contributed by atoms with van der Waals surface area (Å²) >= 11 is 0. The number of nitrogens with one attached hydrogen (secondary N) is 1. The van der Waals surface area contributed by atoms with Gasteiger partial charge in [0, 0.05) is 6.61 Å². The lowest BCUT2D eigenvalue weighted by atomic mass is 10.00. The van der Waals surface area contributed by atoms with E-state index < -0.39 is 0 Å². The van der Waals surface area contributed by atoms with Crippen molar-refractivity contribution in [1.82, 2.24) is 5.32 Å². The topological polar surface area (TPSA) is 58.6 Å². The van der Waals surface area contributed by atoms with Gasteiger partial charge in [0.05, 0.1) is 25.2 Å². The first kappa shape index (κ1) is 13.1. The smallest absolute Gasteiger partial charge is 0.226 e. The SMILES string of the molecule is O=C(N[C@@H](CO)c1ccccc1)C1CCCOC1.